The van der Waals surface area contributed by atoms with Gasteiger partial charge in [-0.05, 0) is 76.0 Å². The van der Waals surface area contributed by atoms with Crippen LogP contribution in [0.2, 0.25) is 0 Å². The Bertz CT molecular complexity index is 1580. The van der Waals surface area contributed by atoms with Gasteiger partial charge >= 0.3 is 0 Å². The molecule has 0 saturated carbocycles. The Hall–Kier alpha value is -4.76. The van der Waals surface area contributed by atoms with E-state index in [4.69, 9.17) is 14.2 Å². The maximum atomic E-state index is 6.96. The lowest BCUT2D eigenvalue weighted by atomic mass is 9.84. The summed E-state index contributed by atoms with van der Waals surface area (Å²) in [5.41, 5.74) is 4.51. The Labute approximate surface area is 223 Å². The van der Waals surface area contributed by atoms with Crippen LogP contribution >= 0.6 is 0 Å². The van der Waals surface area contributed by atoms with Gasteiger partial charge in [-0.25, -0.2) is 0 Å². The van der Waals surface area contributed by atoms with E-state index in [9.17, 15) is 0 Å². The third kappa shape index (κ3) is 4.33. The van der Waals surface area contributed by atoms with E-state index in [-0.39, 0.29) is 0 Å². The van der Waals surface area contributed by atoms with Crippen LogP contribution in [0.4, 0.5) is 0 Å². The molecule has 0 saturated heterocycles. The molecule has 5 aromatic carbocycles. The van der Waals surface area contributed by atoms with Gasteiger partial charge in [-0.15, -0.1) is 0 Å². The van der Waals surface area contributed by atoms with Crippen molar-refractivity contribution in [3.8, 4) is 17.2 Å². The Balaban J connectivity index is 1.56. The number of methoxy groups -OCH3 is 2. The number of hydrogen-bond acceptors (Lipinski definition) is 3. The summed E-state index contributed by atoms with van der Waals surface area (Å²) in [6.07, 6.45) is 6.59. The van der Waals surface area contributed by atoms with Crippen molar-refractivity contribution < 1.29 is 14.2 Å². The first-order chi connectivity index (χ1) is 18.7. The van der Waals surface area contributed by atoms with Crippen LogP contribution in [-0.4, -0.2) is 14.2 Å². The zero-order valence-electron chi connectivity index (χ0n) is 21.4. The van der Waals surface area contributed by atoms with Crippen molar-refractivity contribution in [1.29, 1.82) is 0 Å². The molecule has 0 radical (unpaired) electrons. The SMILES string of the molecule is COc1ccc(C(=CC2(c3ccccc3)C=Cc3c(ccc4ccccc34)O2)c2ccc(OC)cc2)cc1. The highest BCUT2D eigenvalue weighted by molar-refractivity contribution is 5.94. The Morgan fingerprint density at radius 3 is 1.89 bits per heavy atom. The van der Waals surface area contributed by atoms with Gasteiger partial charge in [0.15, 0.2) is 5.60 Å². The number of rotatable bonds is 6. The predicted molar refractivity (Wildman–Crippen MR) is 155 cm³/mol. The maximum Gasteiger partial charge on any atom is 0.172 e. The Morgan fingerprint density at radius 2 is 1.26 bits per heavy atom. The van der Waals surface area contributed by atoms with Gasteiger partial charge in [0.25, 0.3) is 0 Å². The van der Waals surface area contributed by atoms with E-state index >= 15 is 0 Å². The first-order valence-electron chi connectivity index (χ1n) is 12.7. The van der Waals surface area contributed by atoms with Crippen LogP contribution in [0.15, 0.2) is 127 Å². The summed E-state index contributed by atoms with van der Waals surface area (Å²) in [6.45, 7) is 0. The molecule has 1 aliphatic heterocycles. The highest BCUT2D eigenvalue weighted by atomic mass is 16.5. The van der Waals surface area contributed by atoms with E-state index in [2.05, 4.69) is 103 Å². The lowest BCUT2D eigenvalue weighted by Crippen LogP contribution is -2.31. The van der Waals surface area contributed by atoms with Crippen molar-refractivity contribution in [2.75, 3.05) is 14.2 Å². The molecule has 3 heteroatoms. The van der Waals surface area contributed by atoms with Crippen LogP contribution < -0.4 is 14.2 Å². The third-order valence-corrected chi connectivity index (χ3v) is 7.09. The van der Waals surface area contributed by atoms with E-state index in [0.29, 0.717) is 0 Å². The summed E-state index contributed by atoms with van der Waals surface area (Å²) >= 11 is 0. The zero-order valence-corrected chi connectivity index (χ0v) is 21.4. The van der Waals surface area contributed by atoms with Gasteiger partial charge in [-0.2, -0.15) is 0 Å². The van der Waals surface area contributed by atoms with E-state index in [1.165, 1.54) is 10.8 Å². The minimum atomic E-state index is -0.814. The van der Waals surface area contributed by atoms with Crippen molar-refractivity contribution in [1.82, 2.24) is 0 Å². The first kappa shape index (κ1) is 23.6. The summed E-state index contributed by atoms with van der Waals surface area (Å²) in [6, 6.07) is 39.3. The summed E-state index contributed by atoms with van der Waals surface area (Å²) in [5, 5.41) is 2.37. The molecule has 3 nitrogen and oxygen atoms in total. The lowest BCUT2D eigenvalue weighted by Gasteiger charge is -2.34. The monoisotopic (exact) mass is 496 g/mol. The second-order valence-electron chi connectivity index (χ2n) is 9.31. The van der Waals surface area contributed by atoms with Gasteiger partial charge in [-0.1, -0.05) is 84.9 Å². The molecule has 0 bridgehead atoms. The molecule has 0 aromatic heterocycles. The highest BCUT2D eigenvalue weighted by Gasteiger charge is 2.34. The number of ether oxygens (including phenoxy) is 3. The van der Waals surface area contributed by atoms with Crippen molar-refractivity contribution >= 4 is 22.4 Å². The standard InChI is InChI=1S/C35H28O3/c1-36-29-17-12-26(13-18-29)33(27-14-19-30(37-2)20-15-27)24-35(28-9-4-3-5-10-28)23-22-32-31-11-7-6-8-25(31)16-21-34(32)38-35/h3-24H,1-2H3. The Morgan fingerprint density at radius 1 is 0.658 bits per heavy atom. The highest BCUT2D eigenvalue weighted by Crippen LogP contribution is 2.43. The minimum Gasteiger partial charge on any atom is -0.497 e. The fourth-order valence-electron chi connectivity index (χ4n) is 5.06. The second kappa shape index (κ2) is 9.95. The molecule has 186 valence electrons. The predicted octanol–water partition coefficient (Wildman–Crippen LogP) is 8.29. The molecular weight excluding hydrogens is 468 g/mol. The summed E-state index contributed by atoms with van der Waals surface area (Å²) in [4.78, 5) is 0. The summed E-state index contributed by atoms with van der Waals surface area (Å²) in [7, 11) is 3.36. The average molecular weight is 497 g/mol. The fourth-order valence-corrected chi connectivity index (χ4v) is 5.06. The van der Waals surface area contributed by atoms with Gasteiger partial charge in [0.2, 0.25) is 0 Å². The van der Waals surface area contributed by atoms with Gasteiger partial charge in [0, 0.05) is 11.1 Å². The van der Waals surface area contributed by atoms with Crippen LogP contribution in [0.5, 0.6) is 17.2 Å². The fraction of sp³-hybridized carbons (Fsp3) is 0.0857. The largest absolute Gasteiger partial charge is 0.497 e. The van der Waals surface area contributed by atoms with Crippen LogP contribution in [0.3, 0.4) is 0 Å². The van der Waals surface area contributed by atoms with Crippen LogP contribution in [-0.2, 0) is 5.60 Å². The molecule has 1 aliphatic rings. The van der Waals surface area contributed by atoms with Gasteiger partial charge in [-0.3, -0.25) is 0 Å². The lowest BCUT2D eigenvalue weighted by molar-refractivity contribution is 0.170. The van der Waals surface area contributed by atoms with E-state index in [1.54, 1.807) is 14.2 Å². The molecule has 1 heterocycles. The number of hydrogen-bond donors (Lipinski definition) is 0. The second-order valence-corrected chi connectivity index (χ2v) is 9.31. The normalized spacial score (nSPS) is 15.8. The van der Waals surface area contributed by atoms with E-state index in [1.807, 2.05) is 30.3 Å². The van der Waals surface area contributed by atoms with Crippen molar-refractivity contribution in [3.05, 3.63) is 150 Å². The summed E-state index contributed by atoms with van der Waals surface area (Å²) in [5.74, 6) is 2.49. The molecule has 6 rings (SSSR count). The van der Waals surface area contributed by atoms with Gasteiger partial charge < -0.3 is 14.2 Å². The van der Waals surface area contributed by atoms with Crippen LogP contribution in [0.25, 0.3) is 22.4 Å². The molecule has 0 fully saturated rings. The first-order valence-corrected chi connectivity index (χ1v) is 12.7. The maximum absolute atomic E-state index is 6.96. The smallest absolute Gasteiger partial charge is 0.172 e. The molecule has 1 atom stereocenters. The molecule has 0 aliphatic carbocycles. The molecule has 0 amide bonds. The third-order valence-electron chi connectivity index (χ3n) is 7.09. The average Bonchev–Trinajstić information content (AvgIpc) is 3.00. The topological polar surface area (TPSA) is 27.7 Å². The molecule has 38 heavy (non-hydrogen) atoms. The quantitative estimate of drug-likeness (QED) is 0.237. The molecule has 0 N–H and O–H groups in total. The molecule has 5 aromatic rings. The van der Waals surface area contributed by atoms with E-state index in [0.717, 1.165) is 45.1 Å². The Kier molecular flexibility index (Phi) is 6.19. The van der Waals surface area contributed by atoms with E-state index < -0.39 is 5.60 Å². The number of benzene rings is 5. The minimum absolute atomic E-state index is 0.814. The van der Waals surface area contributed by atoms with Gasteiger partial charge in [0.1, 0.15) is 17.2 Å². The molecular formula is C35H28O3. The van der Waals surface area contributed by atoms with Crippen LogP contribution in [0.1, 0.15) is 22.3 Å². The van der Waals surface area contributed by atoms with Gasteiger partial charge in [0.05, 0.1) is 14.2 Å². The zero-order chi connectivity index (χ0) is 26.0. The van der Waals surface area contributed by atoms with Crippen molar-refractivity contribution in [2.45, 2.75) is 5.60 Å². The van der Waals surface area contributed by atoms with Crippen LogP contribution in [0, 0.1) is 0 Å². The number of fused-ring (bicyclic) bond motifs is 3. The summed E-state index contributed by atoms with van der Waals surface area (Å²) < 4.78 is 17.8. The van der Waals surface area contributed by atoms with Crippen molar-refractivity contribution in [3.63, 3.8) is 0 Å². The molecule has 0 spiro atoms. The van der Waals surface area contributed by atoms with Crippen molar-refractivity contribution in [2.24, 2.45) is 0 Å². The molecule has 1 unspecified atom stereocenters.